The minimum atomic E-state index is -3.88. The minimum absolute atomic E-state index is 0.00128. The SMILES string of the molecule is CC[C@@H](C(=O)NC(C)(C)C)N(Cc1ccc(F)cc1)C(=O)CN(c1ccccc1OC)S(C)(=O)=O. The number of ether oxygens (including phenoxy) is 1. The number of nitrogens with zero attached hydrogens (tertiary/aromatic N) is 2. The van der Waals surface area contributed by atoms with Gasteiger partial charge in [0.15, 0.2) is 0 Å². The predicted octanol–water partition coefficient (Wildman–Crippen LogP) is 3.32. The lowest BCUT2D eigenvalue weighted by atomic mass is 10.1. The lowest BCUT2D eigenvalue weighted by Crippen LogP contribution is -2.55. The number of methoxy groups -OCH3 is 1. The molecular weight excluding hydrogens is 473 g/mol. The van der Waals surface area contributed by atoms with Gasteiger partial charge in [0.25, 0.3) is 0 Å². The van der Waals surface area contributed by atoms with Gasteiger partial charge >= 0.3 is 0 Å². The normalized spacial score (nSPS) is 12.5. The van der Waals surface area contributed by atoms with E-state index in [1.165, 1.54) is 36.3 Å². The average Bonchev–Trinajstić information content (AvgIpc) is 2.76. The molecule has 10 heteroatoms. The van der Waals surface area contributed by atoms with Crippen LogP contribution in [0, 0.1) is 5.82 Å². The van der Waals surface area contributed by atoms with Crippen LogP contribution in [0.25, 0.3) is 0 Å². The van der Waals surface area contributed by atoms with Gasteiger partial charge in [-0.1, -0.05) is 31.2 Å². The van der Waals surface area contributed by atoms with Crippen molar-refractivity contribution in [1.82, 2.24) is 10.2 Å². The fraction of sp³-hybridized carbons (Fsp3) is 0.440. The standard InChI is InChI=1S/C25H34FN3O5S/c1-7-20(24(31)27-25(2,3)4)28(16-18-12-14-19(26)15-13-18)23(30)17-29(35(6,32)33)21-10-8-9-11-22(21)34-5/h8-15,20H,7,16-17H2,1-6H3,(H,27,31)/t20-/m0/s1. The van der Waals surface area contributed by atoms with Crippen molar-refractivity contribution >= 4 is 27.5 Å². The number of halogens is 1. The number of anilines is 1. The quantitative estimate of drug-likeness (QED) is 0.532. The van der Waals surface area contributed by atoms with E-state index in [-0.39, 0.29) is 23.9 Å². The highest BCUT2D eigenvalue weighted by Gasteiger charge is 2.33. The van der Waals surface area contributed by atoms with Gasteiger partial charge in [-0.15, -0.1) is 0 Å². The van der Waals surface area contributed by atoms with Crippen molar-refractivity contribution in [3.05, 3.63) is 59.9 Å². The van der Waals surface area contributed by atoms with E-state index in [0.717, 1.165) is 10.6 Å². The number of hydrogen-bond acceptors (Lipinski definition) is 5. The third kappa shape index (κ3) is 7.95. The highest BCUT2D eigenvalue weighted by atomic mass is 32.2. The summed E-state index contributed by atoms with van der Waals surface area (Å²) in [5.74, 6) is -1.09. The molecule has 0 aromatic heterocycles. The van der Waals surface area contributed by atoms with E-state index in [4.69, 9.17) is 4.74 Å². The van der Waals surface area contributed by atoms with Crippen LogP contribution in [0.4, 0.5) is 10.1 Å². The Morgan fingerprint density at radius 2 is 1.69 bits per heavy atom. The van der Waals surface area contributed by atoms with Crippen molar-refractivity contribution < 1.29 is 27.1 Å². The average molecular weight is 508 g/mol. The van der Waals surface area contributed by atoms with Gasteiger partial charge in [0.1, 0.15) is 24.2 Å². The third-order valence-electron chi connectivity index (χ3n) is 5.18. The molecule has 8 nitrogen and oxygen atoms in total. The summed E-state index contributed by atoms with van der Waals surface area (Å²) >= 11 is 0. The fourth-order valence-corrected chi connectivity index (χ4v) is 4.44. The number of hydrogen-bond donors (Lipinski definition) is 1. The molecule has 2 rings (SSSR count). The Labute approximate surface area is 207 Å². The van der Waals surface area contributed by atoms with E-state index in [2.05, 4.69) is 5.32 Å². The van der Waals surface area contributed by atoms with Crippen molar-refractivity contribution in [2.45, 2.75) is 52.2 Å². The molecule has 0 aliphatic rings. The molecule has 1 atom stereocenters. The van der Waals surface area contributed by atoms with Crippen LogP contribution in [-0.2, 0) is 26.2 Å². The molecule has 0 aliphatic carbocycles. The number of nitrogens with one attached hydrogen (secondary N) is 1. The molecule has 35 heavy (non-hydrogen) atoms. The predicted molar refractivity (Wildman–Crippen MR) is 134 cm³/mol. The molecule has 2 aromatic rings. The summed E-state index contributed by atoms with van der Waals surface area (Å²) < 4.78 is 45.1. The van der Waals surface area contributed by atoms with E-state index in [1.807, 2.05) is 20.8 Å². The van der Waals surface area contributed by atoms with Crippen LogP contribution in [0.1, 0.15) is 39.7 Å². The fourth-order valence-electron chi connectivity index (χ4n) is 3.59. The Morgan fingerprint density at radius 3 is 2.20 bits per heavy atom. The van der Waals surface area contributed by atoms with E-state index in [9.17, 15) is 22.4 Å². The molecular formula is C25H34FN3O5S. The second kappa shape index (κ2) is 11.5. The molecule has 2 aromatic carbocycles. The van der Waals surface area contributed by atoms with Crippen molar-refractivity contribution in [1.29, 1.82) is 0 Å². The van der Waals surface area contributed by atoms with Crippen molar-refractivity contribution in [2.75, 3.05) is 24.2 Å². The summed E-state index contributed by atoms with van der Waals surface area (Å²) in [7, 11) is -2.47. The Kier molecular flexibility index (Phi) is 9.25. The molecule has 0 fully saturated rings. The Hall–Kier alpha value is -3.14. The van der Waals surface area contributed by atoms with E-state index in [0.29, 0.717) is 12.0 Å². The maximum absolute atomic E-state index is 13.6. The van der Waals surface area contributed by atoms with Crippen LogP contribution < -0.4 is 14.4 Å². The van der Waals surface area contributed by atoms with Gasteiger partial charge in [-0.2, -0.15) is 0 Å². The molecule has 0 radical (unpaired) electrons. The highest BCUT2D eigenvalue weighted by molar-refractivity contribution is 7.92. The zero-order valence-corrected chi connectivity index (χ0v) is 21.9. The monoisotopic (exact) mass is 507 g/mol. The van der Waals surface area contributed by atoms with Crippen LogP contribution in [-0.4, -0.2) is 56.6 Å². The van der Waals surface area contributed by atoms with E-state index in [1.54, 1.807) is 31.2 Å². The van der Waals surface area contributed by atoms with Gasteiger partial charge in [0.2, 0.25) is 21.8 Å². The summed E-state index contributed by atoms with van der Waals surface area (Å²) in [6.07, 6.45) is 1.29. The highest BCUT2D eigenvalue weighted by Crippen LogP contribution is 2.29. The number of carbonyl (C=O) groups excluding carboxylic acids is 2. The maximum Gasteiger partial charge on any atom is 0.244 e. The van der Waals surface area contributed by atoms with E-state index >= 15 is 0 Å². The summed E-state index contributed by atoms with van der Waals surface area (Å²) in [6.45, 7) is 6.72. The molecule has 0 unspecified atom stereocenters. The Bertz CT molecular complexity index is 1130. The first-order chi connectivity index (χ1) is 16.3. The maximum atomic E-state index is 13.6. The van der Waals surface area contributed by atoms with Gasteiger partial charge in [-0.05, 0) is 57.0 Å². The molecule has 1 N–H and O–H groups in total. The molecule has 0 saturated carbocycles. The number of amides is 2. The molecule has 0 aliphatic heterocycles. The third-order valence-corrected chi connectivity index (χ3v) is 6.31. The summed E-state index contributed by atoms with van der Waals surface area (Å²) in [5.41, 5.74) is 0.274. The number of sulfonamides is 1. The van der Waals surface area contributed by atoms with E-state index < -0.39 is 39.9 Å². The van der Waals surface area contributed by atoms with Gasteiger partial charge < -0.3 is 15.0 Å². The Morgan fingerprint density at radius 1 is 1.09 bits per heavy atom. The van der Waals surface area contributed by atoms with Crippen molar-refractivity contribution in [2.24, 2.45) is 0 Å². The summed E-state index contributed by atoms with van der Waals surface area (Å²) in [6, 6.07) is 11.2. The van der Waals surface area contributed by atoms with Crippen molar-refractivity contribution in [3.8, 4) is 5.75 Å². The first kappa shape index (κ1) is 28.1. The second-order valence-electron chi connectivity index (χ2n) is 9.25. The van der Waals surface area contributed by atoms with Crippen LogP contribution in [0.2, 0.25) is 0 Å². The largest absolute Gasteiger partial charge is 0.495 e. The van der Waals surface area contributed by atoms with Crippen LogP contribution in [0.15, 0.2) is 48.5 Å². The molecule has 2 amide bonds. The van der Waals surface area contributed by atoms with Gasteiger partial charge in [-0.3, -0.25) is 13.9 Å². The molecule has 0 saturated heterocycles. The first-order valence-corrected chi connectivity index (χ1v) is 13.1. The lowest BCUT2D eigenvalue weighted by Gasteiger charge is -2.34. The van der Waals surface area contributed by atoms with Crippen LogP contribution in [0.3, 0.4) is 0 Å². The number of carbonyl (C=O) groups is 2. The first-order valence-electron chi connectivity index (χ1n) is 11.2. The van der Waals surface area contributed by atoms with Gasteiger partial charge in [0, 0.05) is 12.1 Å². The summed E-state index contributed by atoms with van der Waals surface area (Å²) in [4.78, 5) is 28.1. The zero-order chi connectivity index (χ0) is 26.4. The topological polar surface area (TPSA) is 96.0 Å². The minimum Gasteiger partial charge on any atom is -0.495 e. The molecule has 0 heterocycles. The number of benzene rings is 2. The smallest absolute Gasteiger partial charge is 0.244 e. The molecule has 192 valence electrons. The lowest BCUT2D eigenvalue weighted by molar-refractivity contribution is -0.141. The zero-order valence-electron chi connectivity index (χ0n) is 21.0. The van der Waals surface area contributed by atoms with Crippen LogP contribution >= 0.6 is 0 Å². The molecule has 0 bridgehead atoms. The van der Waals surface area contributed by atoms with Crippen LogP contribution in [0.5, 0.6) is 5.75 Å². The second-order valence-corrected chi connectivity index (χ2v) is 11.2. The van der Waals surface area contributed by atoms with Crippen molar-refractivity contribution in [3.63, 3.8) is 0 Å². The molecule has 0 spiro atoms. The Balaban J connectivity index is 2.48. The van der Waals surface area contributed by atoms with Gasteiger partial charge in [-0.25, -0.2) is 12.8 Å². The number of rotatable bonds is 10. The number of para-hydroxylation sites is 2. The summed E-state index contributed by atoms with van der Waals surface area (Å²) in [5, 5.41) is 2.89. The van der Waals surface area contributed by atoms with Gasteiger partial charge in [0.05, 0.1) is 19.1 Å².